The number of carbonyl (C=O) groups is 2. The summed E-state index contributed by atoms with van der Waals surface area (Å²) in [6.07, 6.45) is 2.15. The first-order chi connectivity index (χ1) is 7.78. The van der Waals surface area contributed by atoms with E-state index in [0.29, 0.717) is 25.7 Å². The quantitative estimate of drug-likeness (QED) is 0.312. The van der Waals surface area contributed by atoms with Crippen LogP contribution in [0.1, 0.15) is 39.5 Å². The van der Waals surface area contributed by atoms with E-state index in [2.05, 4.69) is 0 Å². The number of ketones is 1. The van der Waals surface area contributed by atoms with Crippen LogP contribution in [0.15, 0.2) is 0 Å². The molecule has 0 aliphatic rings. The summed E-state index contributed by atoms with van der Waals surface area (Å²) in [5.41, 5.74) is 0. The molecule has 0 spiro atoms. The molecule has 100 valence electrons. The van der Waals surface area contributed by atoms with E-state index in [1.165, 1.54) is 6.92 Å². The molecule has 0 saturated carbocycles. The summed E-state index contributed by atoms with van der Waals surface area (Å²) in [7, 11) is 0. The number of ether oxygens (including phenoxy) is 1. The van der Waals surface area contributed by atoms with Gasteiger partial charge in [0.05, 0.1) is 6.61 Å². The molecule has 0 aromatic rings. The topological polar surface area (TPSA) is 43.4 Å². The van der Waals surface area contributed by atoms with Crippen LogP contribution in [0.4, 0.5) is 0 Å². The van der Waals surface area contributed by atoms with Crippen molar-refractivity contribution in [1.29, 1.82) is 0 Å². The number of unbranched alkanes of at least 4 members (excludes halogenated alkanes) is 1. The van der Waals surface area contributed by atoms with Crippen LogP contribution in [-0.2, 0) is 14.3 Å². The van der Waals surface area contributed by atoms with E-state index < -0.39 is 15.7 Å². The molecule has 0 aromatic heterocycles. The number of hydrogen-bond donors (Lipinski definition) is 0. The summed E-state index contributed by atoms with van der Waals surface area (Å²) in [6.45, 7) is 3.37. The Bertz CT molecular complexity index is 261. The van der Waals surface area contributed by atoms with Crippen molar-refractivity contribution in [2.45, 2.75) is 43.3 Å². The molecule has 0 heterocycles. The first kappa shape index (κ1) is 17.0. The monoisotopic (exact) mass is 302 g/mol. The van der Waals surface area contributed by atoms with Crippen molar-refractivity contribution >= 4 is 46.6 Å². The Labute approximate surface area is 117 Å². The van der Waals surface area contributed by atoms with Crippen molar-refractivity contribution in [3.63, 3.8) is 0 Å². The summed E-state index contributed by atoms with van der Waals surface area (Å²) in [6, 6.07) is 0. The second kappa shape index (κ2) is 8.17. The zero-order valence-corrected chi connectivity index (χ0v) is 12.2. The van der Waals surface area contributed by atoms with Gasteiger partial charge in [0.15, 0.2) is 3.79 Å². The fourth-order valence-corrected chi connectivity index (χ4v) is 1.80. The van der Waals surface area contributed by atoms with Gasteiger partial charge in [-0.1, -0.05) is 41.2 Å². The minimum atomic E-state index is -1.27. The van der Waals surface area contributed by atoms with Gasteiger partial charge >= 0.3 is 5.97 Å². The third-order valence-corrected chi connectivity index (χ3v) is 2.83. The van der Waals surface area contributed by atoms with Gasteiger partial charge in [0.2, 0.25) is 0 Å². The van der Waals surface area contributed by atoms with Crippen molar-refractivity contribution in [2.75, 3.05) is 6.61 Å². The van der Waals surface area contributed by atoms with Crippen molar-refractivity contribution < 1.29 is 14.3 Å². The predicted octanol–water partition coefficient (Wildman–Crippen LogP) is 3.69. The van der Waals surface area contributed by atoms with Gasteiger partial charge in [-0.05, 0) is 33.1 Å². The molecule has 3 nitrogen and oxygen atoms in total. The zero-order valence-electron chi connectivity index (χ0n) is 9.97. The molecule has 0 aliphatic heterocycles. The summed E-state index contributed by atoms with van der Waals surface area (Å²) < 4.78 is 3.56. The van der Waals surface area contributed by atoms with E-state index in [1.54, 1.807) is 6.92 Å². The fraction of sp³-hybridized carbons (Fsp3) is 0.818. The second-order valence-corrected chi connectivity index (χ2v) is 6.29. The lowest BCUT2D eigenvalue weighted by molar-refractivity contribution is -0.151. The Kier molecular flexibility index (Phi) is 8.18. The molecular formula is C11H17Cl3O3. The smallest absolute Gasteiger partial charge is 0.316 e. The van der Waals surface area contributed by atoms with E-state index in [1.807, 2.05) is 0 Å². The standard InChI is InChI=1S/C11H17Cl3O3/c1-3-17-10(16)9(8(2)15)6-4-5-7-11(12,13)14/h9H,3-7H2,1-2H3. The maximum Gasteiger partial charge on any atom is 0.316 e. The molecule has 0 radical (unpaired) electrons. The van der Waals surface area contributed by atoms with Crippen LogP contribution in [0.25, 0.3) is 0 Å². The zero-order chi connectivity index (χ0) is 13.5. The van der Waals surface area contributed by atoms with E-state index >= 15 is 0 Å². The predicted molar refractivity (Wildman–Crippen MR) is 69.6 cm³/mol. The number of halogens is 3. The largest absolute Gasteiger partial charge is 0.465 e. The minimum Gasteiger partial charge on any atom is -0.465 e. The van der Waals surface area contributed by atoms with Gasteiger partial charge in [0.25, 0.3) is 0 Å². The lowest BCUT2D eigenvalue weighted by Gasteiger charge is -2.13. The average Bonchev–Trinajstić information content (AvgIpc) is 2.15. The number of rotatable bonds is 7. The second-order valence-electron chi connectivity index (χ2n) is 3.78. The van der Waals surface area contributed by atoms with Gasteiger partial charge < -0.3 is 4.74 Å². The molecule has 1 unspecified atom stereocenters. The number of alkyl halides is 3. The van der Waals surface area contributed by atoms with Gasteiger partial charge in [-0.15, -0.1) is 0 Å². The number of esters is 1. The Morgan fingerprint density at radius 2 is 1.82 bits per heavy atom. The van der Waals surface area contributed by atoms with Crippen LogP contribution in [0.2, 0.25) is 0 Å². The highest BCUT2D eigenvalue weighted by Gasteiger charge is 2.25. The summed E-state index contributed by atoms with van der Waals surface area (Å²) >= 11 is 16.8. The molecule has 6 heteroatoms. The lowest BCUT2D eigenvalue weighted by atomic mass is 9.98. The third-order valence-electron chi connectivity index (χ3n) is 2.26. The van der Waals surface area contributed by atoms with Gasteiger partial charge in [-0.3, -0.25) is 9.59 Å². The van der Waals surface area contributed by atoms with E-state index in [0.717, 1.165) is 0 Å². The van der Waals surface area contributed by atoms with Crippen molar-refractivity contribution in [2.24, 2.45) is 5.92 Å². The lowest BCUT2D eigenvalue weighted by Crippen LogP contribution is -2.24. The Hall–Kier alpha value is 0.01000. The van der Waals surface area contributed by atoms with Crippen LogP contribution in [-0.4, -0.2) is 22.2 Å². The Morgan fingerprint density at radius 1 is 1.24 bits per heavy atom. The molecular weight excluding hydrogens is 286 g/mol. The highest BCUT2D eigenvalue weighted by Crippen LogP contribution is 2.32. The Morgan fingerprint density at radius 3 is 2.24 bits per heavy atom. The molecule has 0 rings (SSSR count). The van der Waals surface area contributed by atoms with Crippen LogP contribution in [0, 0.1) is 5.92 Å². The molecule has 0 aromatic carbocycles. The van der Waals surface area contributed by atoms with Crippen LogP contribution < -0.4 is 0 Å². The minimum absolute atomic E-state index is 0.183. The van der Waals surface area contributed by atoms with Crippen LogP contribution in [0.3, 0.4) is 0 Å². The van der Waals surface area contributed by atoms with Crippen molar-refractivity contribution in [3.8, 4) is 0 Å². The summed E-state index contributed by atoms with van der Waals surface area (Å²) in [4.78, 5) is 22.7. The maximum absolute atomic E-state index is 11.5. The molecule has 0 aliphatic carbocycles. The molecule has 0 saturated heterocycles. The molecule has 0 bridgehead atoms. The highest BCUT2D eigenvalue weighted by atomic mass is 35.6. The first-order valence-electron chi connectivity index (χ1n) is 5.51. The molecule has 1 atom stereocenters. The van der Waals surface area contributed by atoms with Crippen LogP contribution in [0.5, 0.6) is 0 Å². The van der Waals surface area contributed by atoms with E-state index in [4.69, 9.17) is 39.5 Å². The average molecular weight is 304 g/mol. The fourth-order valence-electron chi connectivity index (χ4n) is 1.40. The third kappa shape index (κ3) is 8.70. The van der Waals surface area contributed by atoms with Gasteiger partial charge in [0.1, 0.15) is 11.7 Å². The molecule has 17 heavy (non-hydrogen) atoms. The van der Waals surface area contributed by atoms with E-state index in [9.17, 15) is 9.59 Å². The van der Waals surface area contributed by atoms with Gasteiger partial charge in [-0.25, -0.2) is 0 Å². The van der Waals surface area contributed by atoms with Crippen LogP contribution >= 0.6 is 34.8 Å². The number of carbonyl (C=O) groups excluding carboxylic acids is 2. The Balaban J connectivity index is 4.03. The molecule has 0 amide bonds. The maximum atomic E-state index is 11.5. The first-order valence-corrected chi connectivity index (χ1v) is 6.65. The van der Waals surface area contributed by atoms with Gasteiger partial charge in [-0.2, -0.15) is 0 Å². The summed E-state index contributed by atoms with van der Waals surface area (Å²) in [5.74, 6) is -1.34. The molecule has 0 fully saturated rings. The normalized spacial score (nSPS) is 13.2. The number of hydrogen-bond acceptors (Lipinski definition) is 3. The number of Topliss-reactive ketones (excluding diaryl/α,β-unsaturated/α-hetero) is 1. The molecule has 0 N–H and O–H groups in total. The van der Waals surface area contributed by atoms with Crippen molar-refractivity contribution in [1.82, 2.24) is 0 Å². The highest BCUT2D eigenvalue weighted by molar-refractivity contribution is 6.67. The SMILES string of the molecule is CCOC(=O)C(CCCCC(Cl)(Cl)Cl)C(C)=O. The van der Waals surface area contributed by atoms with Gasteiger partial charge in [0, 0.05) is 0 Å². The van der Waals surface area contributed by atoms with E-state index in [-0.39, 0.29) is 12.4 Å². The summed E-state index contributed by atoms with van der Waals surface area (Å²) in [5, 5.41) is 0. The van der Waals surface area contributed by atoms with Crippen molar-refractivity contribution in [3.05, 3.63) is 0 Å².